The molecule has 6 nitrogen and oxygen atoms in total. The molecule has 9 heteroatoms. The summed E-state index contributed by atoms with van der Waals surface area (Å²) in [7, 11) is 0. The van der Waals surface area contributed by atoms with Gasteiger partial charge in [0, 0.05) is 30.1 Å². The molecule has 2 N–H and O–H groups in total. The van der Waals surface area contributed by atoms with Gasteiger partial charge in [-0.2, -0.15) is 13.2 Å². The first-order chi connectivity index (χ1) is 12.8. The zero-order chi connectivity index (χ0) is 19.6. The number of aryl methyl sites for hydroxylation is 2. The van der Waals surface area contributed by atoms with Crippen LogP contribution >= 0.6 is 0 Å². The number of carbonyl (C=O) groups excluding carboxylic acids is 1. The van der Waals surface area contributed by atoms with Crippen molar-refractivity contribution in [3.8, 4) is 0 Å². The highest BCUT2D eigenvalue weighted by Crippen LogP contribution is 2.37. The van der Waals surface area contributed by atoms with Gasteiger partial charge in [-0.1, -0.05) is 5.16 Å². The topological polar surface area (TPSA) is 76.4 Å². The summed E-state index contributed by atoms with van der Waals surface area (Å²) in [5.74, 6) is 0.117. The fourth-order valence-corrected chi connectivity index (χ4v) is 2.96. The van der Waals surface area contributed by atoms with Gasteiger partial charge in [0.2, 0.25) is 0 Å². The van der Waals surface area contributed by atoms with Crippen LogP contribution in [-0.4, -0.2) is 23.8 Å². The number of rotatable bonds is 5. The van der Waals surface area contributed by atoms with Gasteiger partial charge in [-0.15, -0.1) is 0 Å². The fourth-order valence-electron chi connectivity index (χ4n) is 2.96. The minimum absolute atomic E-state index is 0.0747. The van der Waals surface area contributed by atoms with E-state index >= 15 is 0 Å². The van der Waals surface area contributed by atoms with Gasteiger partial charge in [0.1, 0.15) is 11.9 Å². The molecule has 0 unspecified atom stereocenters. The number of alkyl halides is 3. The summed E-state index contributed by atoms with van der Waals surface area (Å²) in [6.07, 6.45) is -3.87. The number of ether oxygens (including phenoxy) is 1. The lowest BCUT2D eigenvalue weighted by atomic mass is 10.1. The molecular formula is C18H20F3N3O3. The molecule has 2 aromatic rings. The zero-order valence-corrected chi connectivity index (χ0v) is 14.9. The van der Waals surface area contributed by atoms with E-state index in [0.717, 1.165) is 12.5 Å². The highest BCUT2D eigenvalue weighted by atomic mass is 19.4. The first kappa shape index (κ1) is 19.2. The van der Waals surface area contributed by atoms with Crippen LogP contribution in [0.4, 0.5) is 24.5 Å². The van der Waals surface area contributed by atoms with Crippen molar-refractivity contribution >= 4 is 17.3 Å². The number of amides is 1. The van der Waals surface area contributed by atoms with Gasteiger partial charge in [0.05, 0.1) is 11.3 Å². The molecule has 0 saturated carbocycles. The Kier molecular flexibility index (Phi) is 5.41. The summed E-state index contributed by atoms with van der Waals surface area (Å²) >= 11 is 0. The monoisotopic (exact) mass is 383 g/mol. The molecule has 1 atom stereocenters. The summed E-state index contributed by atoms with van der Waals surface area (Å²) in [6, 6.07) is 3.65. The second-order valence-electron chi connectivity index (χ2n) is 6.41. The van der Waals surface area contributed by atoms with E-state index in [1.807, 2.05) is 0 Å². The molecule has 1 amide bonds. The van der Waals surface area contributed by atoms with Crippen molar-refractivity contribution < 1.29 is 27.2 Å². The molecular weight excluding hydrogens is 363 g/mol. The van der Waals surface area contributed by atoms with E-state index in [9.17, 15) is 18.0 Å². The Morgan fingerprint density at radius 1 is 1.33 bits per heavy atom. The van der Waals surface area contributed by atoms with Crippen molar-refractivity contribution in [2.45, 2.75) is 45.5 Å². The van der Waals surface area contributed by atoms with E-state index < -0.39 is 23.8 Å². The average molecular weight is 383 g/mol. The number of hydrogen-bond donors (Lipinski definition) is 2. The van der Waals surface area contributed by atoms with Crippen molar-refractivity contribution in [1.82, 2.24) is 5.16 Å². The van der Waals surface area contributed by atoms with Crippen molar-refractivity contribution in [2.75, 3.05) is 17.2 Å². The van der Waals surface area contributed by atoms with E-state index in [2.05, 4.69) is 15.8 Å². The Morgan fingerprint density at radius 3 is 2.70 bits per heavy atom. The van der Waals surface area contributed by atoms with Crippen molar-refractivity contribution in [3.05, 3.63) is 40.8 Å². The summed E-state index contributed by atoms with van der Waals surface area (Å²) in [4.78, 5) is 12.1. The molecule has 0 bridgehead atoms. The lowest BCUT2D eigenvalue weighted by Gasteiger charge is -2.17. The van der Waals surface area contributed by atoms with Gasteiger partial charge in [-0.05, 0) is 44.9 Å². The number of benzene rings is 1. The Labute approximate surface area is 154 Å². The van der Waals surface area contributed by atoms with Crippen molar-refractivity contribution in [2.24, 2.45) is 0 Å². The molecule has 1 aliphatic heterocycles. The molecule has 1 fully saturated rings. The quantitative estimate of drug-likeness (QED) is 0.815. The van der Waals surface area contributed by atoms with Crippen LogP contribution in [-0.2, 0) is 22.3 Å². The van der Waals surface area contributed by atoms with E-state index in [1.54, 1.807) is 13.8 Å². The number of nitrogens with zero attached hydrogens (tertiary/aromatic N) is 1. The molecule has 27 heavy (non-hydrogen) atoms. The van der Waals surface area contributed by atoms with Crippen LogP contribution in [0.25, 0.3) is 0 Å². The maximum Gasteiger partial charge on any atom is 0.418 e. The minimum Gasteiger partial charge on any atom is -0.380 e. The molecule has 3 rings (SSSR count). The van der Waals surface area contributed by atoms with Crippen LogP contribution in [0.3, 0.4) is 0 Å². The second-order valence-corrected chi connectivity index (χ2v) is 6.41. The number of carbonyl (C=O) groups is 1. The number of aromatic nitrogens is 1. The third kappa shape index (κ3) is 4.41. The first-order valence-electron chi connectivity index (χ1n) is 8.55. The lowest BCUT2D eigenvalue weighted by molar-refractivity contribution is -0.137. The Balaban J connectivity index is 1.78. The van der Waals surface area contributed by atoms with Crippen LogP contribution in [0.1, 0.15) is 35.4 Å². The second kappa shape index (κ2) is 7.59. The van der Waals surface area contributed by atoms with Gasteiger partial charge in [-0.25, -0.2) is 0 Å². The molecule has 0 aliphatic carbocycles. The van der Waals surface area contributed by atoms with Gasteiger partial charge in [0.25, 0.3) is 5.91 Å². The van der Waals surface area contributed by atoms with Crippen LogP contribution in [0, 0.1) is 13.8 Å². The number of nitrogens with one attached hydrogen (secondary N) is 2. The highest BCUT2D eigenvalue weighted by Gasteiger charge is 2.34. The SMILES string of the molecule is Cc1noc(C)c1CNc1ccc(NC(=O)[C@@H]2CCCO2)cc1C(F)(F)F. The summed E-state index contributed by atoms with van der Waals surface area (Å²) in [5, 5.41) is 9.06. The first-order valence-corrected chi connectivity index (χ1v) is 8.55. The highest BCUT2D eigenvalue weighted by molar-refractivity contribution is 5.94. The number of hydrogen-bond acceptors (Lipinski definition) is 5. The van der Waals surface area contributed by atoms with Crippen LogP contribution in [0.2, 0.25) is 0 Å². The van der Waals surface area contributed by atoms with Crippen LogP contribution < -0.4 is 10.6 Å². The summed E-state index contributed by atoms with van der Waals surface area (Å²) in [6.45, 7) is 4.05. The standard InChI is InChI=1S/C18H20F3N3O3/c1-10-13(11(2)27-24-10)9-22-15-6-5-12(8-14(15)18(19,20)21)23-17(25)16-4-3-7-26-16/h5-6,8,16,22H,3-4,7,9H2,1-2H3,(H,23,25)/t16-/m0/s1. The van der Waals surface area contributed by atoms with Crippen molar-refractivity contribution in [1.29, 1.82) is 0 Å². The van der Waals surface area contributed by atoms with Crippen molar-refractivity contribution in [3.63, 3.8) is 0 Å². The third-order valence-corrected chi connectivity index (χ3v) is 4.45. The summed E-state index contributed by atoms with van der Waals surface area (Å²) < 4.78 is 50.7. The maximum absolute atomic E-state index is 13.5. The van der Waals surface area contributed by atoms with Gasteiger partial charge in [0.15, 0.2) is 0 Å². The molecule has 1 aromatic carbocycles. The fraction of sp³-hybridized carbons (Fsp3) is 0.444. The predicted molar refractivity (Wildman–Crippen MR) is 92.4 cm³/mol. The number of anilines is 2. The molecule has 1 aromatic heterocycles. The van der Waals surface area contributed by atoms with E-state index in [-0.39, 0.29) is 17.9 Å². The Hall–Kier alpha value is -2.55. The third-order valence-electron chi connectivity index (χ3n) is 4.45. The predicted octanol–water partition coefficient (Wildman–Crippen LogP) is 4.04. The average Bonchev–Trinajstić information content (AvgIpc) is 3.24. The molecule has 146 valence electrons. The normalized spacial score (nSPS) is 17.1. The minimum atomic E-state index is -4.58. The molecule has 2 heterocycles. The number of halogens is 3. The van der Waals surface area contributed by atoms with Gasteiger partial charge < -0.3 is 19.9 Å². The lowest BCUT2D eigenvalue weighted by Crippen LogP contribution is -2.27. The van der Waals surface area contributed by atoms with E-state index in [1.165, 1.54) is 12.1 Å². The molecule has 1 saturated heterocycles. The zero-order valence-electron chi connectivity index (χ0n) is 14.9. The van der Waals surface area contributed by atoms with Crippen LogP contribution in [0.15, 0.2) is 22.7 Å². The van der Waals surface area contributed by atoms with Gasteiger partial charge >= 0.3 is 6.18 Å². The largest absolute Gasteiger partial charge is 0.418 e. The van der Waals surface area contributed by atoms with Crippen LogP contribution in [0.5, 0.6) is 0 Å². The van der Waals surface area contributed by atoms with E-state index in [0.29, 0.717) is 30.0 Å². The Morgan fingerprint density at radius 2 is 2.11 bits per heavy atom. The smallest absolute Gasteiger partial charge is 0.380 e. The Bertz CT molecular complexity index is 807. The molecule has 1 aliphatic rings. The molecule has 0 spiro atoms. The maximum atomic E-state index is 13.5. The van der Waals surface area contributed by atoms with E-state index in [4.69, 9.17) is 9.26 Å². The molecule has 0 radical (unpaired) electrons. The van der Waals surface area contributed by atoms with Gasteiger partial charge in [-0.3, -0.25) is 4.79 Å². The summed E-state index contributed by atoms with van der Waals surface area (Å²) in [5.41, 5.74) is 0.454.